The first-order chi connectivity index (χ1) is 8.70. The first-order valence-electron chi connectivity index (χ1n) is 6.59. The Balaban J connectivity index is 2.52. The molecule has 0 aromatic heterocycles. The number of nitrogens with zero attached hydrogens (tertiary/aromatic N) is 2. The van der Waals surface area contributed by atoms with Crippen LogP contribution in [-0.4, -0.2) is 75.4 Å². The molecule has 2 N–H and O–H groups in total. The summed E-state index contributed by atoms with van der Waals surface area (Å²) in [6, 6.07) is -0.351. The third-order valence-electron chi connectivity index (χ3n) is 3.56. The van der Waals surface area contributed by atoms with Gasteiger partial charge in [0.15, 0.2) is 0 Å². The summed E-state index contributed by atoms with van der Waals surface area (Å²) in [5, 5.41) is 0. The minimum absolute atomic E-state index is 0.0368. The van der Waals surface area contributed by atoms with Gasteiger partial charge in [0.2, 0.25) is 5.91 Å². The van der Waals surface area contributed by atoms with Gasteiger partial charge in [-0.3, -0.25) is 4.79 Å². The van der Waals surface area contributed by atoms with Gasteiger partial charge >= 0.3 is 0 Å². The van der Waals surface area contributed by atoms with Crippen LogP contribution in [0.5, 0.6) is 0 Å². The van der Waals surface area contributed by atoms with Gasteiger partial charge in [0.05, 0.1) is 11.8 Å². The molecule has 1 saturated heterocycles. The van der Waals surface area contributed by atoms with Gasteiger partial charge in [-0.05, 0) is 33.4 Å². The number of sulfone groups is 1. The monoisotopic (exact) mass is 291 g/mol. The summed E-state index contributed by atoms with van der Waals surface area (Å²) >= 11 is 0. The first-order valence-corrected chi connectivity index (χ1v) is 8.65. The van der Waals surface area contributed by atoms with Gasteiger partial charge in [-0.1, -0.05) is 0 Å². The van der Waals surface area contributed by atoms with Crippen molar-refractivity contribution in [2.45, 2.75) is 31.3 Å². The van der Waals surface area contributed by atoms with Crippen molar-refractivity contribution in [3.63, 3.8) is 0 Å². The highest BCUT2D eigenvalue weighted by atomic mass is 32.2. The standard InChI is InChI=1S/C12H25N3O3S/c1-14(2)10-5-4-7-15(9-10)12(16)11(13)6-8-19(3,17)18/h10-11H,4-9,13H2,1-3H3. The Morgan fingerprint density at radius 2 is 2.11 bits per heavy atom. The number of hydrogen-bond acceptors (Lipinski definition) is 5. The van der Waals surface area contributed by atoms with Crippen molar-refractivity contribution in [3.8, 4) is 0 Å². The molecule has 0 aromatic rings. The number of carbonyl (C=O) groups excluding carboxylic acids is 1. The van der Waals surface area contributed by atoms with E-state index in [1.807, 2.05) is 14.1 Å². The fraction of sp³-hybridized carbons (Fsp3) is 0.917. The van der Waals surface area contributed by atoms with Gasteiger partial charge in [-0.25, -0.2) is 8.42 Å². The lowest BCUT2D eigenvalue weighted by molar-refractivity contribution is -0.134. The second-order valence-corrected chi connectivity index (χ2v) is 7.83. The summed E-state index contributed by atoms with van der Waals surface area (Å²) in [4.78, 5) is 16.0. The summed E-state index contributed by atoms with van der Waals surface area (Å²) in [6.45, 7) is 1.40. The average Bonchev–Trinajstić information content (AvgIpc) is 2.34. The van der Waals surface area contributed by atoms with Crippen LogP contribution in [0.4, 0.5) is 0 Å². The van der Waals surface area contributed by atoms with Crippen molar-refractivity contribution < 1.29 is 13.2 Å². The van der Waals surface area contributed by atoms with Gasteiger partial charge in [0.25, 0.3) is 0 Å². The molecular weight excluding hydrogens is 266 g/mol. The Morgan fingerprint density at radius 1 is 1.47 bits per heavy atom. The van der Waals surface area contributed by atoms with Gasteiger partial charge in [0.1, 0.15) is 9.84 Å². The van der Waals surface area contributed by atoms with Crippen LogP contribution < -0.4 is 5.73 Å². The van der Waals surface area contributed by atoms with Crippen LogP contribution in [0.2, 0.25) is 0 Å². The third-order valence-corrected chi connectivity index (χ3v) is 4.53. The number of hydrogen-bond donors (Lipinski definition) is 1. The maximum Gasteiger partial charge on any atom is 0.239 e. The Kier molecular flexibility index (Phi) is 5.76. The van der Waals surface area contributed by atoms with Gasteiger partial charge < -0.3 is 15.5 Å². The predicted octanol–water partition coefficient (Wildman–Crippen LogP) is -0.699. The van der Waals surface area contributed by atoms with Crippen LogP contribution in [0.3, 0.4) is 0 Å². The molecule has 7 heteroatoms. The number of likely N-dealkylation sites (tertiary alicyclic amines) is 1. The van der Waals surface area contributed by atoms with E-state index >= 15 is 0 Å². The second kappa shape index (κ2) is 6.67. The molecule has 1 fully saturated rings. The van der Waals surface area contributed by atoms with Crippen molar-refractivity contribution in [1.29, 1.82) is 0 Å². The molecule has 2 unspecified atom stereocenters. The summed E-state index contributed by atoms with van der Waals surface area (Å²) in [7, 11) is 0.938. The van der Waals surface area contributed by atoms with E-state index in [2.05, 4.69) is 4.90 Å². The molecule has 0 aliphatic carbocycles. The van der Waals surface area contributed by atoms with E-state index in [-0.39, 0.29) is 18.1 Å². The summed E-state index contributed by atoms with van der Waals surface area (Å²) in [5.41, 5.74) is 5.81. The molecule has 1 heterocycles. The number of amides is 1. The molecule has 0 bridgehead atoms. The smallest absolute Gasteiger partial charge is 0.239 e. The number of nitrogens with two attached hydrogens (primary N) is 1. The molecule has 112 valence electrons. The number of likely N-dealkylation sites (N-methyl/N-ethyl adjacent to an activating group) is 1. The van der Waals surface area contributed by atoms with Gasteiger partial charge in [-0.15, -0.1) is 0 Å². The molecule has 0 radical (unpaired) electrons. The lowest BCUT2D eigenvalue weighted by Crippen LogP contribution is -2.52. The van der Waals surface area contributed by atoms with Gasteiger partial charge in [-0.2, -0.15) is 0 Å². The lowest BCUT2D eigenvalue weighted by Gasteiger charge is -2.37. The lowest BCUT2D eigenvalue weighted by atomic mass is 10.0. The Morgan fingerprint density at radius 3 is 2.63 bits per heavy atom. The van der Waals surface area contributed by atoms with Crippen molar-refractivity contribution in [2.24, 2.45) is 5.73 Å². The quantitative estimate of drug-likeness (QED) is 0.724. The minimum atomic E-state index is -3.07. The third kappa shape index (κ3) is 5.46. The van der Waals surface area contributed by atoms with Crippen LogP contribution >= 0.6 is 0 Å². The molecule has 1 amide bonds. The summed E-state index contributed by atoms with van der Waals surface area (Å²) in [5.74, 6) is -0.166. The van der Waals surface area contributed by atoms with Crippen LogP contribution in [-0.2, 0) is 14.6 Å². The van der Waals surface area contributed by atoms with E-state index in [9.17, 15) is 13.2 Å². The largest absolute Gasteiger partial charge is 0.340 e. The minimum Gasteiger partial charge on any atom is -0.340 e. The Bertz CT molecular complexity index is 408. The average molecular weight is 291 g/mol. The SMILES string of the molecule is CN(C)C1CCCN(C(=O)C(N)CCS(C)(=O)=O)C1. The van der Waals surface area contributed by atoms with Crippen LogP contribution in [0.15, 0.2) is 0 Å². The highest BCUT2D eigenvalue weighted by Gasteiger charge is 2.28. The fourth-order valence-electron chi connectivity index (χ4n) is 2.28. The summed E-state index contributed by atoms with van der Waals surface area (Å²) in [6.07, 6.45) is 3.40. The number of carbonyl (C=O) groups is 1. The highest BCUT2D eigenvalue weighted by Crippen LogP contribution is 2.15. The topological polar surface area (TPSA) is 83.7 Å². The molecule has 19 heavy (non-hydrogen) atoms. The number of rotatable bonds is 5. The molecule has 1 rings (SSSR count). The van der Waals surface area contributed by atoms with E-state index in [0.717, 1.165) is 25.6 Å². The number of piperidine rings is 1. The molecule has 0 aromatic carbocycles. The zero-order valence-corrected chi connectivity index (χ0v) is 12.8. The Hall–Kier alpha value is -0.660. The van der Waals surface area contributed by atoms with Crippen molar-refractivity contribution in [2.75, 3.05) is 39.2 Å². The molecule has 6 nitrogen and oxygen atoms in total. The van der Waals surface area contributed by atoms with Crippen molar-refractivity contribution in [1.82, 2.24) is 9.80 Å². The highest BCUT2D eigenvalue weighted by molar-refractivity contribution is 7.90. The van der Waals surface area contributed by atoms with E-state index in [1.165, 1.54) is 0 Å². The zero-order chi connectivity index (χ0) is 14.6. The first kappa shape index (κ1) is 16.4. The fourth-order valence-corrected chi connectivity index (χ4v) is 2.96. The summed E-state index contributed by atoms with van der Waals surface area (Å²) < 4.78 is 22.2. The Labute approximate surface area is 115 Å². The molecule has 2 atom stereocenters. The maximum absolute atomic E-state index is 12.2. The predicted molar refractivity (Wildman–Crippen MR) is 75.6 cm³/mol. The molecule has 1 aliphatic rings. The van der Waals surface area contributed by atoms with E-state index < -0.39 is 15.9 Å². The maximum atomic E-state index is 12.2. The molecule has 1 aliphatic heterocycles. The van der Waals surface area contributed by atoms with Crippen molar-refractivity contribution >= 4 is 15.7 Å². The van der Waals surface area contributed by atoms with Gasteiger partial charge in [0, 0.05) is 25.4 Å². The van der Waals surface area contributed by atoms with Crippen LogP contribution in [0.1, 0.15) is 19.3 Å². The van der Waals surface area contributed by atoms with E-state index in [1.54, 1.807) is 4.90 Å². The second-order valence-electron chi connectivity index (χ2n) is 5.57. The van der Waals surface area contributed by atoms with E-state index in [0.29, 0.717) is 12.6 Å². The van der Waals surface area contributed by atoms with Crippen molar-refractivity contribution in [3.05, 3.63) is 0 Å². The van der Waals surface area contributed by atoms with Crippen LogP contribution in [0.25, 0.3) is 0 Å². The zero-order valence-electron chi connectivity index (χ0n) is 12.0. The normalized spacial score (nSPS) is 22.6. The molecular formula is C12H25N3O3S. The van der Waals surface area contributed by atoms with Crippen LogP contribution in [0, 0.1) is 0 Å². The molecule has 0 spiro atoms. The molecule has 0 saturated carbocycles. The van der Waals surface area contributed by atoms with E-state index in [4.69, 9.17) is 5.73 Å².